The van der Waals surface area contributed by atoms with Gasteiger partial charge >= 0.3 is 0 Å². The Morgan fingerprint density at radius 1 is 1.64 bits per heavy atom. The zero-order valence-electron chi connectivity index (χ0n) is 7.42. The summed E-state index contributed by atoms with van der Waals surface area (Å²) in [5.41, 5.74) is -0.110. The zero-order valence-corrected chi connectivity index (χ0v) is 9.42. The SMILES string of the molecule is CC(C)(COCC1CO1)O[SiH3]. The quantitative estimate of drug-likeness (QED) is 0.417. The van der Waals surface area contributed by atoms with E-state index in [2.05, 4.69) is 0 Å². The molecule has 0 spiro atoms. The van der Waals surface area contributed by atoms with E-state index >= 15 is 0 Å². The Bertz CT molecular complexity index is 123. The van der Waals surface area contributed by atoms with E-state index in [0.29, 0.717) is 19.3 Å². The van der Waals surface area contributed by atoms with E-state index in [1.54, 1.807) is 0 Å². The first-order valence-electron chi connectivity index (χ1n) is 3.88. The first-order valence-corrected chi connectivity index (χ1v) is 4.70. The van der Waals surface area contributed by atoms with Gasteiger partial charge in [0.15, 0.2) is 0 Å². The fraction of sp³-hybridized carbons (Fsp3) is 1.00. The van der Waals surface area contributed by atoms with Gasteiger partial charge in [0, 0.05) is 0 Å². The van der Waals surface area contributed by atoms with Crippen LogP contribution in [0.2, 0.25) is 0 Å². The van der Waals surface area contributed by atoms with Crippen molar-refractivity contribution in [1.29, 1.82) is 0 Å². The average molecular weight is 176 g/mol. The Morgan fingerprint density at radius 2 is 2.27 bits per heavy atom. The maximum Gasteiger partial charge on any atom is 0.146 e. The van der Waals surface area contributed by atoms with Crippen LogP contribution < -0.4 is 0 Å². The molecule has 4 heteroatoms. The Hall–Kier alpha value is 0.0969. The van der Waals surface area contributed by atoms with Gasteiger partial charge in [0.25, 0.3) is 0 Å². The van der Waals surface area contributed by atoms with Gasteiger partial charge in [-0.1, -0.05) is 0 Å². The minimum Gasteiger partial charge on any atom is -0.421 e. The molecule has 1 heterocycles. The van der Waals surface area contributed by atoms with Gasteiger partial charge < -0.3 is 13.9 Å². The lowest BCUT2D eigenvalue weighted by Gasteiger charge is -2.22. The van der Waals surface area contributed by atoms with Crippen LogP contribution in [0.4, 0.5) is 0 Å². The molecule has 0 aromatic carbocycles. The molecule has 0 N–H and O–H groups in total. The van der Waals surface area contributed by atoms with Crippen LogP contribution >= 0.6 is 0 Å². The molecule has 0 amide bonds. The number of hydrogen-bond donors (Lipinski definition) is 0. The lowest BCUT2D eigenvalue weighted by atomic mass is 10.2. The molecule has 0 aromatic rings. The van der Waals surface area contributed by atoms with E-state index in [1.807, 2.05) is 13.8 Å². The molecule has 1 fully saturated rings. The highest BCUT2D eigenvalue weighted by molar-refractivity contribution is 5.98. The van der Waals surface area contributed by atoms with Crippen LogP contribution in [0.15, 0.2) is 0 Å². The average Bonchev–Trinajstić information content (AvgIpc) is 2.71. The van der Waals surface area contributed by atoms with Crippen LogP contribution in [0.25, 0.3) is 0 Å². The van der Waals surface area contributed by atoms with Gasteiger partial charge in [-0.15, -0.1) is 0 Å². The van der Waals surface area contributed by atoms with E-state index in [1.165, 1.54) is 0 Å². The van der Waals surface area contributed by atoms with E-state index in [0.717, 1.165) is 17.1 Å². The lowest BCUT2D eigenvalue weighted by molar-refractivity contribution is -0.00306. The molecule has 1 aliphatic heterocycles. The highest BCUT2D eigenvalue weighted by Crippen LogP contribution is 2.12. The van der Waals surface area contributed by atoms with Gasteiger partial charge in [-0.25, -0.2) is 0 Å². The van der Waals surface area contributed by atoms with Crippen LogP contribution in [-0.4, -0.2) is 42.0 Å². The van der Waals surface area contributed by atoms with Crippen molar-refractivity contribution in [3.05, 3.63) is 0 Å². The van der Waals surface area contributed by atoms with Crippen molar-refractivity contribution in [3.8, 4) is 0 Å². The maximum atomic E-state index is 5.39. The summed E-state index contributed by atoms with van der Waals surface area (Å²) in [7, 11) is 0.765. The third-order valence-corrected chi connectivity index (χ3v) is 2.81. The van der Waals surface area contributed by atoms with Crippen LogP contribution in [-0.2, 0) is 13.9 Å². The molecule has 0 aliphatic carbocycles. The molecule has 66 valence electrons. The number of epoxide rings is 1. The summed E-state index contributed by atoms with van der Waals surface area (Å²) in [6.45, 7) is 6.31. The van der Waals surface area contributed by atoms with Crippen LogP contribution in [0.3, 0.4) is 0 Å². The van der Waals surface area contributed by atoms with Crippen LogP contribution in [0, 0.1) is 0 Å². The molecular formula is C7H16O3Si. The van der Waals surface area contributed by atoms with E-state index < -0.39 is 0 Å². The second-order valence-corrected chi connectivity index (χ2v) is 3.84. The first kappa shape index (κ1) is 9.19. The number of rotatable bonds is 5. The smallest absolute Gasteiger partial charge is 0.146 e. The van der Waals surface area contributed by atoms with Crippen molar-refractivity contribution in [2.45, 2.75) is 25.6 Å². The van der Waals surface area contributed by atoms with Crippen molar-refractivity contribution >= 4 is 10.5 Å². The lowest BCUT2D eigenvalue weighted by Crippen LogP contribution is -2.30. The van der Waals surface area contributed by atoms with Gasteiger partial charge in [0.2, 0.25) is 0 Å². The second-order valence-electron chi connectivity index (χ2n) is 3.43. The highest BCUT2D eigenvalue weighted by Gasteiger charge is 2.24. The molecule has 0 bridgehead atoms. The predicted octanol–water partition coefficient (Wildman–Crippen LogP) is -0.523. The van der Waals surface area contributed by atoms with E-state index in [9.17, 15) is 0 Å². The van der Waals surface area contributed by atoms with E-state index in [-0.39, 0.29) is 5.60 Å². The van der Waals surface area contributed by atoms with Gasteiger partial charge in [-0.2, -0.15) is 0 Å². The molecule has 1 unspecified atom stereocenters. The van der Waals surface area contributed by atoms with Crippen LogP contribution in [0.5, 0.6) is 0 Å². The van der Waals surface area contributed by atoms with Crippen molar-refractivity contribution in [2.24, 2.45) is 0 Å². The summed E-state index contributed by atoms with van der Waals surface area (Å²) in [4.78, 5) is 0. The number of hydrogen-bond acceptors (Lipinski definition) is 3. The van der Waals surface area contributed by atoms with Crippen molar-refractivity contribution in [1.82, 2.24) is 0 Å². The molecule has 0 aromatic heterocycles. The molecule has 0 saturated carbocycles. The molecule has 3 nitrogen and oxygen atoms in total. The third kappa shape index (κ3) is 3.86. The summed E-state index contributed by atoms with van der Waals surface area (Å²) in [5, 5.41) is 0. The molecular weight excluding hydrogens is 160 g/mol. The molecule has 1 atom stereocenters. The summed E-state index contributed by atoms with van der Waals surface area (Å²) >= 11 is 0. The minimum absolute atomic E-state index is 0.110. The first-order chi connectivity index (χ1) is 5.14. The maximum absolute atomic E-state index is 5.39. The van der Waals surface area contributed by atoms with Gasteiger partial charge in [0.1, 0.15) is 16.6 Å². The zero-order chi connectivity index (χ0) is 8.32. The summed E-state index contributed by atoms with van der Waals surface area (Å²) in [5.74, 6) is 0. The fourth-order valence-electron chi connectivity index (χ4n) is 0.659. The Labute approximate surface area is 70.6 Å². The summed E-state index contributed by atoms with van der Waals surface area (Å²) in [6, 6.07) is 0. The van der Waals surface area contributed by atoms with Crippen LogP contribution in [0.1, 0.15) is 13.8 Å². The fourth-order valence-corrected chi connectivity index (χ4v) is 0.777. The molecule has 0 radical (unpaired) electrons. The van der Waals surface area contributed by atoms with Gasteiger partial charge in [-0.3, -0.25) is 0 Å². The predicted molar refractivity (Wildman–Crippen MR) is 45.7 cm³/mol. The highest BCUT2D eigenvalue weighted by atomic mass is 28.2. The second kappa shape index (κ2) is 3.67. The molecule has 1 saturated heterocycles. The van der Waals surface area contributed by atoms with Crippen molar-refractivity contribution in [3.63, 3.8) is 0 Å². The topological polar surface area (TPSA) is 31.0 Å². The normalized spacial score (nSPS) is 24.0. The van der Waals surface area contributed by atoms with Crippen molar-refractivity contribution in [2.75, 3.05) is 19.8 Å². The third-order valence-electron chi connectivity index (χ3n) is 1.71. The standard InChI is InChI=1S/C7H16O3Si/c1-7(2,10-11)5-8-3-6-4-9-6/h6H,3-5H2,1-2,11H3. The summed E-state index contributed by atoms with van der Waals surface area (Å²) < 4.78 is 15.7. The molecule has 1 rings (SSSR count). The van der Waals surface area contributed by atoms with E-state index in [4.69, 9.17) is 13.9 Å². The Morgan fingerprint density at radius 3 is 2.73 bits per heavy atom. The minimum atomic E-state index is -0.110. The van der Waals surface area contributed by atoms with Gasteiger partial charge in [0.05, 0.1) is 25.4 Å². The monoisotopic (exact) mass is 176 g/mol. The van der Waals surface area contributed by atoms with Gasteiger partial charge in [-0.05, 0) is 13.8 Å². The summed E-state index contributed by atoms with van der Waals surface area (Å²) in [6.07, 6.45) is 0.361. The Balaban J connectivity index is 1.99. The molecule has 1 aliphatic rings. The van der Waals surface area contributed by atoms with Crippen molar-refractivity contribution < 1.29 is 13.9 Å². The largest absolute Gasteiger partial charge is 0.421 e. The Kier molecular flexibility index (Phi) is 3.06. The molecule has 11 heavy (non-hydrogen) atoms. The number of ether oxygens (including phenoxy) is 2.